The predicted molar refractivity (Wildman–Crippen MR) is 104 cm³/mol. The van der Waals surface area contributed by atoms with Crippen LogP contribution in [0.15, 0.2) is 42.6 Å². The molecule has 2 amide bonds. The average molecular weight is 391 g/mol. The first kappa shape index (κ1) is 17.6. The van der Waals surface area contributed by atoms with Crippen molar-refractivity contribution in [2.24, 2.45) is 0 Å². The van der Waals surface area contributed by atoms with Crippen molar-refractivity contribution in [1.29, 1.82) is 0 Å². The van der Waals surface area contributed by atoms with E-state index in [9.17, 15) is 9.59 Å². The maximum Gasteiger partial charge on any atom is 0.291 e. The van der Waals surface area contributed by atoms with Gasteiger partial charge in [0.05, 0.1) is 12.2 Å². The molecule has 1 aromatic carbocycles. The molecule has 9 heteroatoms. The number of benzene rings is 1. The molecule has 0 bridgehead atoms. The number of nitrogens with zero attached hydrogens (tertiary/aromatic N) is 6. The summed E-state index contributed by atoms with van der Waals surface area (Å²) in [4.78, 5) is 31.5. The Kier molecular flexibility index (Phi) is 4.15. The van der Waals surface area contributed by atoms with Gasteiger partial charge in [-0.2, -0.15) is 5.10 Å². The average Bonchev–Trinajstić information content (AvgIpc) is 3.44. The highest BCUT2D eigenvalue weighted by molar-refractivity contribution is 6.00. The Hall–Kier alpha value is -3.49. The van der Waals surface area contributed by atoms with E-state index in [4.69, 9.17) is 0 Å². The number of anilines is 1. The zero-order chi connectivity index (χ0) is 20.0. The van der Waals surface area contributed by atoms with E-state index in [0.29, 0.717) is 13.0 Å². The molecule has 2 atom stereocenters. The van der Waals surface area contributed by atoms with E-state index in [1.165, 1.54) is 4.90 Å². The molecule has 0 saturated heterocycles. The lowest BCUT2D eigenvalue weighted by Crippen LogP contribution is -2.47. The van der Waals surface area contributed by atoms with Crippen LogP contribution in [0, 0.1) is 0 Å². The molecule has 0 saturated carbocycles. The highest BCUT2D eigenvalue weighted by Gasteiger charge is 2.33. The molecule has 3 aromatic rings. The Morgan fingerprint density at radius 3 is 2.83 bits per heavy atom. The number of rotatable bonds is 3. The van der Waals surface area contributed by atoms with Gasteiger partial charge in [0.25, 0.3) is 11.8 Å². The molecule has 2 aliphatic heterocycles. The van der Waals surface area contributed by atoms with Gasteiger partial charge in [0.15, 0.2) is 0 Å². The monoisotopic (exact) mass is 391 g/mol. The van der Waals surface area contributed by atoms with Crippen molar-refractivity contribution in [1.82, 2.24) is 29.9 Å². The van der Waals surface area contributed by atoms with Crippen LogP contribution in [0.4, 0.5) is 5.82 Å². The van der Waals surface area contributed by atoms with Gasteiger partial charge >= 0.3 is 0 Å². The first-order valence-electron chi connectivity index (χ1n) is 9.72. The summed E-state index contributed by atoms with van der Waals surface area (Å²) in [6, 6.07) is 11.3. The van der Waals surface area contributed by atoms with Crippen molar-refractivity contribution in [3.63, 3.8) is 0 Å². The largest absolute Gasteiger partial charge is 0.337 e. The number of aryl methyl sites for hydroxylation is 2. The third-order valence-electron chi connectivity index (χ3n) is 5.63. The summed E-state index contributed by atoms with van der Waals surface area (Å²) in [5.41, 5.74) is 1.15. The normalized spacial score (nSPS) is 20.9. The Bertz CT molecular complexity index is 1070. The molecule has 148 valence electrons. The van der Waals surface area contributed by atoms with Gasteiger partial charge in [0.1, 0.15) is 17.7 Å². The fraction of sp³-hybridized carbons (Fsp3) is 0.350. The molecular formula is C20H21N7O2. The van der Waals surface area contributed by atoms with Crippen molar-refractivity contribution >= 4 is 17.6 Å². The molecule has 2 aliphatic rings. The number of carbonyl (C=O) groups is 2. The minimum atomic E-state index is -0.641. The van der Waals surface area contributed by atoms with Crippen LogP contribution in [0.5, 0.6) is 0 Å². The number of hydrogen-bond acceptors (Lipinski definition) is 5. The molecule has 0 fully saturated rings. The molecule has 4 heterocycles. The second kappa shape index (κ2) is 6.84. The van der Waals surface area contributed by atoms with Crippen LogP contribution in [0.2, 0.25) is 0 Å². The molecular weight excluding hydrogens is 370 g/mol. The Labute approximate surface area is 167 Å². The second-order valence-corrected chi connectivity index (χ2v) is 7.39. The van der Waals surface area contributed by atoms with Crippen molar-refractivity contribution in [3.05, 3.63) is 59.8 Å². The van der Waals surface area contributed by atoms with Gasteiger partial charge in [-0.15, -0.1) is 5.10 Å². The van der Waals surface area contributed by atoms with Crippen LogP contribution in [0.25, 0.3) is 0 Å². The quantitative estimate of drug-likeness (QED) is 0.723. The Morgan fingerprint density at radius 2 is 2.00 bits per heavy atom. The minimum absolute atomic E-state index is 0.0860. The molecule has 9 nitrogen and oxygen atoms in total. The van der Waals surface area contributed by atoms with E-state index < -0.39 is 11.9 Å². The zero-order valence-corrected chi connectivity index (χ0v) is 16.0. The summed E-state index contributed by atoms with van der Waals surface area (Å²) in [5.74, 6) is 1.03. The molecule has 29 heavy (non-hydrogen) atoms. The SMILES string of the molecule is CN1C(=O)C(NC(=O)c2nc3n(n2)C(c2ccccc2)CC3)CCn2nccc21. The van der Waals surface area contributed by atoms with Crippen LogP contribution in [0.3, 0.4) is 0 Å². The standard InChI is InChI=1S/C20H21N7O2/c1-25-17-9-11-21-26(17)12-10-14(20(25)29)22-19(28)18-23-16-8-7-15(27(16)24-18)13-5-3-2-4-6-13/h2-6,9,11,14-15H,7-8,10,12H2,1H3,(H,22,28). The van der Waals surface area contributed by atoms with Gasteiger partial charge in [-0.1, -0.05) is 30.3 Å². The molecule has 0 radical (unpaired) electrons. The van der Waals surface area contributed by atoms with Crippen molar-refractivity contribution in [3.8, 4) is 0 Å². The fourth-order valence-electron chi connectivity index (χ4n) is 4.10. The number of aromatic nitrogens is 5. The molecule has 0 spiro atoms. The highest BCUT2D eigenvalue weighted by Crippen LogP contribution is 2.30. The van der Waals surface area contributed by atoms with Crippen LogP contribution in [-0.4, -0.2) is 49.4 Å². The van der Waals surface area contributed by atoms with Crippen LogP contribution >= 0.6 is 0 Å². The third kappa shape index (κ3) is 2.98. The minimum Gasteiger partial charge on any atom is -0.337 e. The number of carbonyl (C=O) groups excluding carboxylic acids is 2. The van der Waals surface area contributed by atoms with Crippen LogP contribution < -0.4 is 10.2 Å². The lowest BCUT2D eigenvalue weighted by molar-refractivity contribution is -0.120. The lowest BCUT2D eigenvalue weighted by atomic mass is 10.1. The van der Waals surface area contributed by atoms with Gasteiger partial charge in [0.2, 0.25) is 5.82 Å². The topological polar surface area (TPSA) is 97.9 Å². The summed E-state index contributed by atoms with van der Waals surface area (Å²) in [5, 5.41) is 11.5. The summed E-state index contributed by atoms with van der Waals surface area (Å²) in [6.07, 6.45) is 3.81. The van der Waals surface area contributed by atoms with E-state index in [1.807, 2.05) is 22.9 Å². The maximum atomic E-state index is 12.8. The van der Waals surface area contributed by atoms with Crippen LogP contribution in [-0.2, 0) is 17.8 Å². The van der Waals surface area contributed by atoms with Crippen molar-refractivity contribution in [2.75, 3.05) is 11.9 Å². The molecule has 1 N–H and O–H groups in total. The zero-order valence-electron chi connectivity index (χ0n) is 16.0. The van der Waals surface area contributed by atoms with Gasteiger partial charge in [-0.3, -0.25) is 14.5 Å². The lowest BCUT2D eigenvalue weighted by Gasteiger charge is -2.19. The smallest absolute Gasteiger partial charge is 0.291 e. The number of amides is 2. The van der Waals surface area contributed by atoms with Crippen molar-refractivity contribution < 1.29 is 9.59 Å². The first-order valence-corrected chi connectivity index (χ1v) is 9.72. The van der Waals surface area contributed by atoms with E-state index in [0.717, 1.165) is 30.0 Å². The molecule has 2 unspecified atom stereocenters. The molecule has 5 rings (SSSR count). The molecule has 2 aromatic heterocycles. The summed E-state index contributed by atoms with van der Waals surface area (Å²) >= 11 is 0. The summed E-state index contributed by atoms with van der Waals surface area (Å²) in [6.45, 7) is 0.548. The van der Waals surface area contributed by atoms with Gasteiger partial charge < -0.3 is 5.32 Å². The fourth-order valence-corrected chi connectivity index (χ4v) is 4.10. The second-order valence-electron chi connectivity index (χ2n) is 7.39. The summed E-state index contributed by atoms with van der Waals surface area (Å²) in [7, 11) is 1.69. The number of nitrogens with one attached hydrogen (secondary N) is 1. The van der Waals surface area contributed by atoms with Crippen molar-refractivity contribution in [2.45, 2.75) is 37.9 Å². The van der Waals surface area contributed by atoms with Gasteiger partial charge in [0, 0.05) is 26.1 Å². The van der Waals surface area contributed by atoms with E-state index in [1.54, 1.807) is 24.0 Å². The van der Waals surface area contributed by atoms with E-state index in [-0.39, 0.29) is 17.8 Å². The Balaban J connectivity index is 1.34. The maximum absolute atomic E-state index is 12.8. The Morgan fingerprint density at radius 1 is 1.17 bits per heavy atom. The number of hydrogen-bond donors (Lipinski definition) is 1. The van der Waals surface area contributed by atoms with Gasteiger partial charge in [-0.25, -0.2) is 14.3 Å². The van der Waals surface area contributed by atoms with E-state index in [2.05, 4.69) is 32.6 Å². The van der Waals surface area contributed by atoms with Gasteiger partial charge in [-0.05, 0) is 18.4 Å². The number of fused-ring (bicyclic) bond motifs is 2. The highest BCUT2D eigenvalue weighted by atomic mass is 16.2. The van der Waals surface area contributed by atoms with Crippen LogP contribution in [0.1, 0.15) is 40.9 Å². The first-order chi connectivity index (χ1) is 14.1. The summed E-state index contributed by atoms with van der Waals surface area (Å²) < 4.78 is 3.60. The molecule has 0 aliphatic carbocycles. The number of likely N-dealkylation sites (N-methyl/N-ethyl adjacent to an activating group) is 1. The third-order valence-corrected chi connectivity index (χ3v) is 5.63. The van der Waals surface area contributed by atoms with E-state index >= 15 is 0 Å². The predicted octanol–water partition coefficient (Wildman–Crippen LogP) is 1.18.